The van der Waals surface area contributed by atoms with E-state index in [0.29, 0.717) is 13.2 Å². The summed E-state index contributed by atoms with van der Waals surface area (Å²) in [6.45, 7) is 8.25. The molecular formula is C22H36IN5O2. The van der Waals surface area contributed by atoms with Gasteiger partial charge in [-0.25, -0.2) is 4.99 Å². The van der Waals surface area contributed by atoms with Gasteiger partial charge in [-0.05, 0) is 45.0 Å². The van der Waals surface area contributed by atoms with Crippen LogP contribution in [0.1, 0.15) is 30.9 Å². The number of rotatable bonds is 6. The number of benzene rings is 1. The standard InChI is InChI=1S/C22H35N5O2.HI/c1-4-23-22(24-16-18-7-5-8-19(15-18)17-25(2)3)27-12-10-26(11-13-27)21(28)20-9-6-14-29-20;/h5,7-8,15,20H,4,6,9-14,16-17H2,1-3H3,(H,23,24);1H. The molecule has 2 aliphatic heterocycles. The van der Waals surface area contributed by atoms with Gasteiger partial charge in [0.25, 0.3) is 5.91 Å². The topological polar surface area (TPSA) is 60.4 Å². The first-order chi connectivity index (χ1) is 14.1. The number of hydrogen-bond donors (Lipinski definition) is 1. The lowest BCUT2D eigenvalue weighted by Gasteiger charge is -2.37. The predicted octanol–water partition coefficient (Wildman–Crippen LogP) is 2.15. The molecule has 1 N–H and O–H groups in total. The molecule has 8 heteroatoms. The van der Waals surface area contributed by atoms with E-state index in [4.69, 9.17) is 9.73 Å². The highest BCUT2D eigenvalue weighted by molar-refractivity contribution is 14.0. The van der Waals surface area contributed by atoms with Crippen molar-refractivity contribution in [3.8, 4) is 0 Å². The molecule has 30 heavy (non-hydrogen) atoms. The molecule has 1 aromatic rings. The van der Waals surface area contributed by atoms with Gasteiger partial charge in [0.1, 0.15) is 6.10 Å². The predicted molar refractivity (Wildman–Crippen MR) is 131 cm³/mol. The van der Waals surface area contributed by atoms with Gasteiger partial charge in [0.15, 0.2) is 5.96 Å². The van der Waals surface area contributed by atoms with Gasteiger partial charge in [0.05, 0.1) is 6.54 Å². The Labute approximate surface area is 197 Å². The summed E-state index contributed by atoms with van der Waals surface area (Å²) in [6, 6.07) is 8.62. The van der Waals surface area contributed by atoms with Gasteiger partial charge in [-0.3, -0.25) is 4.79 Å². The fraction of sp³-hybridized carbons (Fsp3) is 0.636. The second-order valence-corrected chi connectivity index (χ2v) is 8.04. The number of piperazine rings is 1. The van der Waals surface area contributed by atoms with Crippen LogP contribution < -0.4 is 5.32 Å². The Bertz CT molecular complexity index is 699. The molecule has 7 nitrogen and oxygen atoms in total. The lowest BCUT2D eigenvalue weighted by molar-refractivity contribution is -0.142. The smallest absolute Gasteiger partial charge is 0.251 e. The minimum atomic E-state index is -0.224. The summed E-state index contributed by atoms with van der Waals surface area (Å²) in [5, 5.41) is 3.41. The van der Waals surface area contributed by atoms with Gasteiger partial charge in [0.2, 0.25) is 0 Å². The number of halogens is 1. The first-order valence-electron chi connectivity index (χ1n) is 10.7. The molecule has 0 spiro atoms. The number of carbonyl (C=O) groups is 1. The molecule has 3 rings (SSSR count). The van der Waals surface area contributed by atoms with Crippen molar-refractivity contribution in [2.24, 2.45) is 4.99 Å². The van der Waals surface area contributed by atoms with Crippen LogP contribution in [0.4, 0.5) is 0 Å². The van der Waals surface area contributed by atoms with E-state index in [9.17, 15) is 4.79 Å². The zero-order chi connectivity index (χ0) is 20.6. The van der Waals surface area contributed by atoms with Crippen LogP contribution in [0.3, 0.4) is 0 Å². The zero-order valence-electron chi connectivity index (χ0n) is 18.5. The van der Waals surface area contributed by atoms with E-state index < -0.39 is 0 Å². The van der Waals surface area contributed by atoms with E-state index in [1.165, 1.54) is 11.1 Å². The summed E-state index contributed by atoms with van der Waals surface area (Å²) >= 11 is 0. The highest BCUT2D eigenvalue weighted by Crippen LogP contribution is 2.16. The zero-order valence-corrected chi connectivity index (χ0v) is 20.8. The first-order valence-corrected chi connectivity index (χ1v) is 10.7. The van der Waals surface area contributed by atoms with Gasteiger partial charge in [-0.15, -0.1) is 24.0 Å². The van der Waals surface area contributed by atoms with Crippen LogP contribution in [0.15, 0.2) is 29.3 Å². The van der Waals surface area contributed by atoms with Crippen LogP contribution >= 0.6 is 24.0 Å². The second kappa shape index (κ2) is 12.5. The number of nitrogens with one attached hydrogen (secondary N) is 1. The maximum Gasteiger partial charge on any atom is 0.251 e. The number of nitrogens with zero attached hydrogens (tertiary/aromatic N) is 4. The highest BCUT2D eigenvalue weighted by atomic mass is 127. The SMILES string of the molecule is CCNC(=NCc1cccc(CN(C)C)c1)N1CCN(C(=O)C2CCCO2)CC1.I. The molecule has 2 aliphatic rings. The van der Waals surface area contributed by atoms with Crippen molar-refractivity contribution in [2.45, 2.75) is 39.0 Å². The summed E-state index contributed by atoms with van der Waals surface area (Å²) < 4.78 is 5.56. The summed E-state index contributed by atoms with van der Waals surface area (Å²) in [6.07, 6.45) is 1.62. The second-order valence-electron chi connectivity index (χ2n) is 8.04. The summed E-state index contributed by atoms with van der Waals surface area (Å²) in [5.74, 6) is 1.08. The van der Waals surface area contributed by atoms with E-state index >= 15 is 0 Å². The molecule has 168 valence electrons. The molecule has 1 atom stereocenters. The summed E-state index contributed by atoms with van der Waals surface area (Å²) in [7, 11) is 4.16. The maximum atomic E-state index is 12.6. The summed E-state index contributed by atoms with van der Waals surface area (Å²) in [4.78, 5) is 23.8. The molecule has 0 aliphatic carbocycles. The van der Waals surface area contributed by atoms with Crippen molar-refractivity contribution in [3.63, 3.8) is 0 Å². The largest absolute Gasteiger partial charge is 0.368 e. The molecule has 0 bridgehead atoms. The minimum absolute atomic E-state index is 0. The molecule has 2 saturated heterocycles. The molecule has 2 fully saturated rings. The highest BCUT2D eigenvalue weighted by Gasteiger charge is 2.30. The number of guanidine groups is 1. The average Bonchev–Trinajstić information content (AvgIpc) is 3.25. The third-order valence-corrected chi connectivity index (χ3v) is 5.33. The fourth-order valence-corrected chi connectivity index (χ4v) is 3.90. The molecule has 0 aromatic heterocycles. The molecule has 2 heterocycles. The normalized spacial score (nSPS) is 19.7. The van der Waals surface area contributed by atoms with Crippen LogP contribution in [-0.2, 0) is 22.6 Å². The average molecular weight is 529 g/mol. The Kier molecular flexibility index (Phi) is 10.3. The molecular weight excluding hydrogens is 493 g/mol. The Morgan fingerprint density at radius 2 is 1.90 bits per heavy atom. The summed E-state index contributed by atoms with van der Waals surface area (Å²) in [5.41, 5.74) is 2.51. The lowest BCUT2D eigenvalue weighted by Crippen LogP contribution is -2.55. The van der Waals surface area contributed by atoms with Gasteiger partial charge < -0.3 is 24.8 Å². The number of amides is 1. The van der Waals surface area contributed by atoms with Crippen LogP contribution in [0.2, 0.25) is 0 Å². The van der Waals surface area contributed by atoms with E-state index in [1.807, 2.05) is 4.90 Å². The van der Waals surface area contributed by atoms with Crippen LogP contribution in [0.25, 0.3) is 0 Å². The molecule has 1 unspecified atom stereocenters. The Balaban J connectivity index is 0.00000320. The van der Waals surface area contributed by atoms with Crippen molar-refractivity contribution in [3.05, 3.63) is 35.4 Å². The number of carbonyl (C=O) groups excluding carboxylic acids is 1. The van der Waals surface area contributed by atoms with Crippen LogP contribution in [-0.4, -0.2) is 86.1 Å². The van der Waals surface area contributed by atoms with Crippen molar-refractivity contribution in [1.82, 2.24) is 20.0 Å². The van der Waals surface area contributed by atoms with Crippen molar-refractivity contribution >= 4 is 35.8 Å². The third-order valence-electron chi connectivity index (χ3n) is 5.33. The van der Waals surface area contributed by atoms with Gasteiger partial charge in [-0.1, -0.05) is 24.3 Å². The van der Waals surface area contributed by atoms with E-state index in [1.54, 1.807) is 0 Å². The minimum Gasteiger partial charge on any atom is -0.368 e. The van der Waals surface area contributed by atoms with Crippen molar-refractivity contribution in [1.29, 1.82) is 0 Å². The quantitative estimate of drug-likeness (QED) is 0.348. The lowest BCUT2D eigenvalue weighted by atomic mass is 10.1. The van der Waals surface area contributed by atoms with Crippen LogP contribution in [0, 0.1) is 0 Å². The molecule has 0 saturated carbocycles. The van der Waals surface area contributed by atoms with E-state index in [0.717, 1.165) is 58.1 Å². The van der Waals surface area contributed by atoms with Crippen molar-refractivity contribution in [2.75, 3.05) is 53.4 Å². The van der Waals surface area contributed by atoms with Gasteiger partial charge in [0, 0.05) is 45.9 Å². The molecule has 1 aromatic carbocycles. The molecule has 0 radical (unpaired) electrons. The third kappa shape index (κ3) is 7.09. The number of ether oxygens (including phenoxy) is 1. The van der Waals surface area contributed by atoms with Crippen LogP contribution in [0.5, 0.6) is 0 Å². The Morgan fingerprint density at radius 3 is 2.53 bits per heavy atom. The number of aliphatic imine (C=N–C) groups is 1. The fourth-order valence-electron chi connectivity index (χ4n) is 3.90. The van der Waals surface area contributed by atoms with Gasteiger partial charge in [-0.2, -0.15) is 0 Å². The van der Waals surface area contributed by atoms with E-state index in [-0.39, 0.29) is 36.0 Å². The first kappa shape index (κ1) is 24.9. The monoisotopic (exact) mass is 529 g/mol. The maximum absolute atomic E-state index is 12.6. The molecule has 1 amide bonds. The Hall–Kier alpha value is -1.39. The number of hydrogen-bond acceptors (Lipinski definition) is 4. The van der Waals surface area contributed by atoms with Crippen molar-refractivity contribution < 1.29 is 9.53 Å². The van der Waals surface area contributed by atoms with E-state index in [2.05, 4.69) is 60.4 Å². The van der Waals surface area contributed by atoms with Gasteiger partial charge >= 0.3 is 0 Å². The Morgan fingerprint density at radius 1 is 1.20 bits per heavy atom.